The maximum Gasteiger partial charge on any atom is 0.130 e. The van der Waals surface area contributed by atoms with Crippen LogP contribution in [0.2, 0.25) is 0 Å². The van der Waals surface area contributed by atoms with E-state index in [0.29, 0.717) is 11.6 Å². The van der Waals surface area contributed by atoms with E-state index in [1.165, 1.54) is 18.9 Å². The largest absolute Gasteiger partial charge is 0.310 e. The molecule has 2 rings (SSSR count). The normalized spacial score (nSPS) is 24.6. The molecular formula is C15H19BrFN. The van der Waals surface area contributed by atoms with Crippen molar-refractivity contribution in [3.63, 3.8) is 0 Å². The molecule has 0 amide bonds. The van der Waals surface area contributed by atoms with Gasteiger partial charge in [-0.1, -0.05) is 41.4 Å². The van der Waals surface area contributed by atoms with Gasteiger partial charge in [0.2, 0.25) is 0 Å². The highest BCUT2D eigenvalue weighted by molar-refractivity contribution is 9.10. The summed E-state index contributed by atoms with van der Waals surface area (Å²) < 4.78 is 14.5. The fraction of sp³-hybridized carbons (Fsp3) is 0.467. The van der Waals surface area contributed by atoms with Crippen LogP contribution in [0.25, 0.3) is 6.08 Å². The Bertz CT molecular complexity index is 431. The van der Waals surface area contributed by atoms with Crippen molar-refractivity contribution >= 4 is 22.0 Å². The number of halogens is 2. The van der Waals surface area contributed by atoms with Crippen LogP contribution < -0.4 is 5.32 Å². The van der Waals surface area contributed by atoms with E-state index in [-0.39, 0.29) is 5.82 Å². The number of piperidine rings is 1. The van der Waals surface area contributed by atoms with Gasteiger partial charge < -0.3 is 5.32 Å². The highest BCUT2D eigenvalue weighted by atomic mass is 79.9. The van der Waals surface area contributed by atoms with Gasteiger partial charge in [0.1, 0.15) is 5.82 Å². The lowest BCUT2D eigenvalue weighted by Gasteiger charge is -2.27. The van der Waals surface area contributed by atoms with Crippen LogP contribution in [0, 0.1) is 11.7 Å². The first-order valence-electron chi connectivity index (χ1n) is 6.55. The minimum Gasteiger partial charge on any atom is -0.310 e. The van der Waals surface area contributed by atoms with Gasteiger partial charge in [0.05, 0.1) is 0 Å². The van der Waals surface area contributed by atoms with E-state index in [1.807, 2.05) is 12.1 Å². The van der Waals surface area contributed by atoms with Crippen LogP contribution in [0.1, 0.15) is 31.7 Å². The molecule has 0 bridgehead atoms. The molecule has 0 spiro atoms. The van der Waals surface area contributed by atoms with Gasteiger partial charge in [0.25, 0.3) is 0 Å². The van der Waals surface area contributed by atoms with Crippen LogP contribution in [-0.2, 0) is 0 Å². The minimum atomic E-state index is -0.169. The van der Waals surface area contributed by atoms with Crippen LogP contribution >= 0.6 is 15.9 Å². The molecule has 1 heterocycles. The maximum atomic E-state index is 13.6. The molecule has 2 atom stereocenters. The fourth-order valence-electron chi connectivity index (χ4n) is 2.41. The van der Waals surface area contributed by atoms with Gasteiger partial charge in [-0.25, -0.2) is 4.39 Å². The summed E-state index contributed by atoms with van der Waals surface area (Å²) in [6.45, 7) is 3.30. The lowest BCUT2D eigenvalue weighted by atomic mass is 9.90. The van der Waals surface area contributed by atoms with Crippen LogP contribution in [0.4, 0.5) is 4.39 Å². The van der Waals surface area contributed by atoms with Crippen molar-refractivity contribution in [3.05, 3.63) is 40.1 Å². The molecule has 0 saturated carbocycles. The first kappa shape index (κ1) is 13.8. The molecule has 2 unspecified atom stereocenters. The van der Waals surface area contributed by atoms with E-state index < -0.39 is 0 Å². The smallest absolute Gasteiger partial charge is 0.130 e. The van der Waals surface area contributed by atoms with Crippen molar-refractivity contribution in [1.29, 1.82) is 0 Å². The molecule has 18 heavy (non-hydrogen) atoms. The van der Waals surface area contributed by atoms with Gasteiger partial charge in [-0.05, 0) is 43.5 Å². The lowest BCUT2D eigenvalue weighted by Crippen LogP contribution is -2.36. The number of benzene rings is 1. The zero-order valence-electron chi connectivity index (χ0n) is 10.6. The zero-order valence-corrected chi connectivity index (χ0v) is 12.2. The lowest BCUT2D eigenvalue weighted by molar-refractivity contribution is 0.326. The van der Waals surface area contributed by atoms with Crippen molar-refractivity contribution < 1.29 is 4.39 Å². The molecule has 1 aromatic rings. The second kappa shape index (κ2) is 6.48. The molecular weight excluding hydrogens is 293 g/mol. The zero-order chi connectivity index (χ0) is 13.0. The number of hydrogen-bond acceptors (Lipinski definition) is 1. The van der Waals surface area contributed by atoms with E-state index >= 15 is 0 Å². The Hall–Kier alpha value is -0.670. The highest BCUT2D eigenvalue weighted by Crippen LogP contribution is 2.21. The summed E-state index contributed by atoms with van der Waals surface area (Å²) in [5.41, 5.74) is 0.643. The van der Waals surface area contributed by atoms with Crippen molar-refractivity contribution in [2.75, 3.05) is 6.54 Å². The second-order valence-electron chi connectivity index (χ2n) is 4.88. The van der Waals surface area contributed by atoms with Gasteiger partial charge >= 0.3 is 0 Å². The SMILES string of the molecule is CCC1CCNC(/C=C/c2cc(Br)ccc2F)C1. The van der Waals surface area contributed by atoms with E-state index in [2.05, 4.69) is 34.2 Å². The van der Waals surface area contributed by atoms with Crippen LogP contribution in [0.3, 0.4) is 0 Å². The average molecular weight is 312 g/mol. The summed E-state index contributed by atoms with van der Waals surface area (Å²) >= 11 is 3.37. The van der Waals surface area contributed by atoms with Crippen molar-refractivity contribution in [3.8, 4) is 0 Å². The molecule has 1 saturated heterocycles. The van der Waals surface area contributed by atoms with Crippen LogP contribution in [-0.4, -0.2) is 12.6 Å². The second-order valence-corrected chi connectivity index (χ2v) is 5.80. The predicted octanol–water partition coefficient (Wildman–Crippen LogP) is 4.38. The van der Waals surface area contributed by atoms with Gasteiger partial charge in [0.15, 0.2) is 0 Å². The quantitative estimate of drug-likeness (QED) is 0.873. The van der Waals surface area contributed by atoms with Crippen LogP contribution in [0.15, 0.2) is 28.7 Å². The van der Waals surface area contributed by atoms with Crippen molar-refractivity contribution in [2.24, 2.45) is 5.92 Å². The van der Waals surface area contributed by atoms with E-state index in [9.17, 15) is 4.39 Å². The molecule has 0 aromatic heterocycles. The molecule has 1 fully saturated rings. The summed E-state index contributed by atoms with van der Waals surface area (Å²) in [6, 6.07) is 5.40. The van der Waals surface area contributed by atoms with E-state index in [4.69, 9.17) is 0 Å². The molecule has 1 nitrogen and oxygen atoms in total. The number of hydrogen-bond donors (Lipinski definition) is 1. The molecule has 0 radical (unpaired) electrons. The third-order valence-corrected chi connectivity index (χ3v) is 4.08. The minimum absolute atomic E-state index is 0.169. The molecule has 98 valence electrons. The van der Waals surface area contributed by atoms with Crippen molar-refractivity contribution in [1.82, 2.24) is 5.32 Å². The average Bonchev–Trinajstić information content (AvgIpc) is 2.40. The number of nitrogens with one attached hydrogen (secondary N) is 1. The topological polar surface area (TPSA) is 12.0 Å². The Kier molecular flexibility index (Phi) is 4.95. The molecule has 1 aromatic carbocycles. The first-order valence-corrected chi connectivity index (χ1v) is 7.35. The van der Waals surface area contributed by atoms with Gasteiger partial charge in [-0.15, -0.1) is 0 Å². The maximum absolute atomic E-state index is 13.6. The Morgan fingerprint density at radius 1 is 1.50 bits per heavy atom. The summed E-state index contributed by atoms with van der Waals surface area (Å²) in [7, 11) is 0. The first-order chi connectivity index (χ1) is 8.69. The Morgan fingerprint density at radius 3 is 3.11 bits per heavy atom. The molecule has 1 N–H and O–H groups in total. The monoisotopic (exact) mass is 311 g/mol. The third kappa shape index (κ3) is 3.66. The summed E-state index contributed by atoms with van der Waals surface area (Å²) in [5, 5.41) is 3.47. The standard InChI is InChI=1S/C15H19BrFN/c1-2-11-7-8-18-14(9-11)5-3-12-10-13(16)4-6-15(12)17/h3-6,10-11,14,18H,2,7-9H2,1H3/b5-3+. The number of rotatable bonds is 3. The Balaban J connectivity index is 2.03. The summed E-state index contributed by atoms with van der Waals surface area (Å²) in [6.07, 6.45) is 7.62. The Morgan fingerprint density at radius 2 is 2.33 bits per heavy atom. The molecule has 0 aliphatic carbocycles. The molecule has 1 aliphatic heterocycles. The summed E-state index contributed by atoms with van der Waals surface area (Å²) in [4.78, 5) is 0. The van der Waals surface area contributed by atoms with Gasteiger partial charge in [-0.2, -0.15) is 0 Å². The van der Waals surface area contributed by atoms with Crippen molar-refractivity contribution in [2.45, 2.75) is 32.2 Å². The Labute approximate surface area is 117 Å². The highest BCUT2D eigenvalue weighted by Gasteiger charge is 2.17. The van der Waals surface area contributed by atoms with E-state index in [1.54, 1.807) is 6.07 Å². The molecule has 3 heteroatoms. The third-order valence-electron chi connectivity index (χ3n) is 3.59. The summed E-state index contributed by atoms with van der Waals surface area (Å²) in [5.74, 6) is 0.630. The van der Waals surface area contributed by atoms with Crippen LogP contribution in [0.5, 0.6) is 0 Å². The molecule has 1 aliphatic rings. The fourth-order valence-corrected chi connectivity index (χ4v) is 2.79. The van der Waals surface area contributed by atoms with Gasteiger partial charge in [-0.3, -0.25) is 0 Å². The van der Waals surface area contributed by atoms with Gasteiger partial charge in [0, 0.05) is 16.1 Å². The predicted molar refractivity (Wildman–Crippen MR) is 77.9 cm³/mol. The van der Waals surface area contributed by atoms with E-state index in [0.717, 1.165) is 23.4 Å².